The molecule has 0 aromatic heterocycles. The maximum atomic E-state index is 11.1. The Morgan fingerprint density at radius 2 is 2.18 bits per heavy atom. The summed E-state index contributed by atoms with van der Waals surface area (Å²) in [4.78, 5) is 18.1. The van der Waals surface area contributed by atoms with Crippen LogP contribution in [0.4, 0.5) is 0 Å². The first-order chi connectivity index (χ1) is 10.7. The number of carbonyl (C=O) groups excluding carboxylic acids is 1. The molecule has 22 heavy (non-hydrogen) atoms. The second-order valence-corrected chi connectivity index (χ2v) is 5.78. The summed E-state index contributed by atoms with van der Waals surface area (Å²) < 4.78 is 0. The minimum atomic E-state index is -0.210. The van der Waals surface area contributed by atoms with Crippen molar-refractivity contribution >= 4 is 11.9 Å². The fraction of sp³-hybridized carbons (Fsp3) is 0.529. The van der Waals surface area contributed by atoms with E-state index in [9.17, 15) is 4.79 Å². The number of piperidine rings is 1. The molecule has 1 amide bonds. The van der Waals surface area contributed by atoms with Crippen molar-refractivity contribution in [2.75, 3.05) is 19.6 Å². The van der Waals surface area contributed by atoms with Crippen LogP contribution in [0.5, 0.6) is 0 Å². The van der Waals surface area contributed by atoms with E-state index in [1.54, 1.807) is 0 Å². The molecule has 2 rings (SSSR count). The molecule has 1 unspecified atom stereocenters. The molecular formula is C17H26N4O. The molecule has 5 heteroatoms. The Morgan fingerprint density at radius 3 is 2.86 bits per heavy atom. The predicted octanol–water partition coefficient (Wildman–Crippen LogP) is 1.74. The lowest BCUT2D eigenvalue weighted by Crippen LogP contribution is -2.47. The van der Waals surface area contributed by atoms with Gasteiger partial charge in [-0.2, -0.15) is 0 Å². The van der Waals surface area contributed by atoms with Crippen LogP contribution in [0, 0.1) is 5.92 Å². The second-order valence-electron chi connectivity index (χ2n) is 5.78. The number of benzene rings is 1. The number of nitrogens with two attached hydrogens (primary N) is 1. The molecule has 0 bridgehead atoms. The normalized spacial score (nSPS) is 19.0. The number of amides is 1. The number of guanidine groups is 1. The molecule has 120 valence electrons. The summed E-state index contributed by atoms with van der Waals surface area (Å²) in [5, 5.41) is 3.36. The van der Waals surface area contributed by atoms with E-state index in [1.165, 1.54) is 5.56 Å². The average Bonchev–Trinajstić information content (AvgIpc) is 2.52. The van der Waals surface area contributed by atoms with E-state index in [0.29, 0.717) is 18.9 Å². The molecule has 1 heterocycles. The van der Waals surface area contributed by atoms with Crippen LogP contribution in [-0.4, -0.2) is 36.4 Å². The first-order valence-electron chi connectivity index (χ1n) is 8.04. The van der Waals surface area contributed by atoms with Crippen LogP contribution in [-0.2, 0) is 11.3 Å². The summed E-state index contributed by atoms with van der Waals surface area (Å²) >= 11 is 0. The highest BCUT2D eigenvalue weighted by Crippen LogP contribution is 2.19. The number of rotatable bonds is 5. The van der Waals surface area contributed by atoms with Gasteiger partial charge in [0.05, 0.1) is 6.54 Å². The predicted molar refractivity (Wildman–Crippen MR) is 89.4 cm³/mol. The van der Waals surface area contributed by atoms with Crippen LogP contribution in [0.25, 0.3) is 0 Å². The van der Waals surface area contributed by atoms with E-state index in [0.717, 1.165) is 38.4 Å². The quantitative estimate of drug-likeness (QED) is 0.643. The molecule has 1 aromatic rings. The van der Waals surface area contributed by atoms with E-state index in [1.807, 2.05) is 18.2 Å². The Morgan fingerprint density at radius 1 is 1.41 bits per heavy atom. The van der Waals surface area contributed by atoms with Gasteiger partial charge in [-0.25, -0.2) is 4.99 Å². The molecule has 1 saturated heterocycles. The minimum Gasteiger partial charge on any atom is -0.370 e. The van der Waals surface area contributed by atoms with E-state index in [2.05, 4.69) is 29.3 Å². The van der Waals surface area contributed by atoms with Gasteiger partial charge in [0.25, 0.3) is 0 Å². The Hall–Kier alpha value is -2.04. The molecule has 0 saturated carbocycles. The fourth-order valence-electron chi connectivity index (χ4n) is 2.88. The molecule has 1 aromatic carbocycles. The third-order valence-corrected chi connectivity index (χ3v) is 3.90. The van der Waals surface area contributed by atoms with Gasteiger partial charge in [0.15, 0.2) is 5.96 Å². The van der Waals surface area contributed by atoms with Crippen molar-refractivity contribution < 1.29 is 4.79 Å². The molecule has 1 fully saturated rings. The van der Waals surface area contributed by atoms with Crippen molar-refractivity contribution in [1.29, 1.82) is 0 Å². The van der Waals surface area contributed by atoms with E-state index in [-0.39, 0.29) is 5.91 Å². The van der Waals surface area contributed by atoms with Gasteiger partial charge in [-0.1, -0.05) is 30.3 Å². The van der Waals surface area contributed by atoms with E-state index in [4.69, 9.17) is 10.7 Å². The highest BCUT2D eigenvalue weighted by Gasteiger charge is 2.23. The van der Waals surface area contributed by atoms with Crippen molar-refractivity contribution in [3.8, 4) is 0 Å². The van der Waals surface area contributed by atoms with Crippen molar-refractivity contribution in [2.45, 2.75) is 32.7 Å². The molecular weight excluding hydrogens is 276 g/mol. The lowest BCUT2D eigenvalue weighted by molar-refractivity contribution is -0.119. The standard InChI is InChI=1S/C17H26N4O/c1-2-19-17(20-12-14-7-4-3-5-8-14)21-10-6-9-15(13-21)11-16(18)22/h3-5,7-8,15H,2,6,9-13H2,1H3,(H2,18,22)(H,19,20). The lowest BCUT2D eigenvalue weighted by atomic mass is 9.95. The van der Waals surface area contributed by atoms with Crippen molar-refractivity contribution in [2.24, 2.45) is 16.6 Å². The summed E-state index contributed by atoms with van der Waals surface area (Å²) in [5.74, 6) is 1.06. The Bertz CT molecular complexity index is 501. The third kappa shape index (κ3) is 5.06. The molecule has 1 atom stereocenters. The fourth-order valence-corrected chi connectivity index (χ4v) is 2.88. The van der Waals surface area contributed by atoms with Crippen LogP contribution in [0.1, 0.15) is 31.7 Å². The molecule has 0 radical (unpaired) electrons. The SMILES string of the molecule is CCNC(=NCc1ccccc1)N1CCCC(CC(N)=O)C1. The zero-order valence-corrected chi connectivity index (χ0v) is 13.3. The monoisotopic (exact) mass is 302 g/mol. The number of likely N-dealkylation sites (tertiary alicyclic amines) is 1. The number of carbonyl (C=O) groups is 1. The first kappa shape index (κ1) is 16.3. The third-order valence-electron chi connectivity index (χ3n) is 3.90. The maximum absolute atomic E-state index is 11.1. The first-order valence-corrected chi connectivity index (χ1v) is 8.04. The van der Waals surface area contributed by atoms with Gasteiger partial charge in [-0.15, -0.1) is 0 Å². The number of nitrogens with one attached hydrogen (secondary N) is 1. The summed E-state index contributed by atoms with van der Waals surface area (Å²) in [6.45, 7) is 5.41. The van der Waals surface area contributed by atoms with Gasteiger partial charge >= 0.3 is 0 Å². The lowest BCUT2D eigenvalue weighted by Gasteiger charge is -2.34. The molecule has 0 spiro atoms. The van der Waals surface area contributed by atoms with Crippen LogP contribution < -0.4 is 11.1 Å². The molecule has 0 aliphatic carbocycles. The number of primary amides is 1. The summed E-state index contributed by atoms with van der Waals surface area (Å²) in [7, 11) is 0. The zero-order valence-electron chi connectivity index (χ0n) is 13.3. The molecule has 1 aliphatic heterocycles. The molecule has 1 aliphatic rings. The maximum Gasteiger partial charge on any atom is 0.217 e. The van der Waals surface area contributed by atoms with Crippen molar-refractivity contribution in [1.82, 2.24) is 10.2 Å². The summed E-state index contributed by atoms with van der Waals surface area (Å²) in [6.07, 6.45) is 2.61. The number of nitrogens with zero attached hydrogens (tertiary/aromatic N) is 2. The van der Waals surface area contributed by atoms with Gasteiger partial charge in [0, 0.05) is 26.1 Å². The Kier molecular flexibility index (Phi) is 6.25. The van der Waals surface area contributed by atoms with E-state index < -0.39 is 0 Å². The van der Waals surface area contributed by atoms with Crippen LogP contribution in [0.3, 0.4) is 0 Å². The highest BCUT2D eigenvalue weighted by molar-refractivity contribution is 5.80. The zero-order chi connectivity index (χ0) is 15.8. The number of hydrogen-bond acceptors (Lipinski definition) is 2. The van der Waals surface area contributed by atoms with Gasteiger partial charge in [0.2, 0.25) is 5.91 Å². The second kappa shape index (κ2) is 8.41. The van der Waals surface area contributed by atoms with Crippen LogP contribution in [0.15, 0.2) is 35.3 Å². The van der Waals surface area contributed by atoms with Gasteiger partial charge < -0.3 is 16.0 Å². The highest BCUT2D eigenvalue weighted by atomic mass is 16.1. The van der Waals surface area contributed by atoms with Gasteiger partial charge in [-0.3, -0.25) is 4.79 Å². The van der Waals surface area contributed by atoms with Crippen LogP contribution >= 0.6 is 0 Å². The van der Waals surface area contributed by atoms with E-state index >= 15 is 0 Å². The van der Waals surface area contributed by atoms with Crippen molar-refractivity contribution in [3.63, 3.8) is 0 Å². The van der Waals surface area contributed by atoms with Crippen molar-refractivity contribution in [3.05, 3.63) is 35.9 Å². The Labute approximate surface area is 132 Å². The molecule has 5 nitrogen and oxygen atoms in total. The topological polar surface area (TPSA) is 70.7 Å². The average molecular weight is 302 g/mol. The van der Waals surface area contributed by atoms with Gasteiger partial charge in [-0.05, 0) is 31.2 Å². The Balaban J connectivity index is 2.01. The summed E-state index contributed by atoms with van der Waals surface area (Å²) in [5.41, 5.74) is 6.53. The summed E-state index contributed by atoms with van der Waals surface area (Å²) in [6, 6.07) is 10.2. The largest absolute Gasteiger partial charge is 0.370 e. The van der Waals surface area contributed by atoms with Gasteiger partial charge in [0.1, 0.15) is 0 Å². The van der Waals surface area contributed by atoms with Crippen LogP contribution in [0.2, 0.25) is 0 Å². The molecule has 3 N–H and O–H groups in total. The number of aliphatic imine (C=N–C) groups is 1. The smallest absolute Gasteiger partial charge is 0.217 e. The number of hydrogen-bond donors (Lipinski definition) is 2. The minimum absolute atomic E-state index is 0.210.